The van der Waals surface area contributed by atoms with Crippen LogP contribution in [0.1, 0.15) is 141 Å². The van der Waals surface area contributed by atoms with E-state index < -0.39 is 0 Å². The van der Waals surface area contributed by atoms with Gasteiger partial charge in [0.1, 0.15) is 0 Å². The highest BCUT2D eigenvalue weighted by Gasteiger charge is 1.95. The first-order valence-electron chi connectivity index (χ1n) is 13.6. The second kappa shape index (κ2) is 24.2. The summed E-state index contributed by atoms with van der Waals surface area (Å²) in [6.07, 6.45) is 49.5. The van der Waals surface area contributed by atoms with Gasteiger partial charge in [0, 0.05) is 0 Å². The lowest BCUT2D eigenvalue weighted by molar-refractivity contribution is 0.521. The molecule has 0 fully saturated rings. The Bertz CT molecular complexity index is 395. The van der Waals surface area contributed by atoms with Crippen LogP contribution in [0.5, 0.6) is 0 Å². The quantitative estimate of drug-likeness (QED) is 0.372. The van der Waals surface area contributed by atoms with E-state index in [1.54, 1.807) is 0 Å². The molecule has 0 amide bonds. The highest BCUT2D eigenvalue weighted by molar-refractivity contribution is 5.14. The fraction of sp³-hybridized carbons (Fsp3) is 0.733. The van der Waals surface area contributed by atoms with E-state index in [0.29, 0.717) is 0 Å². The molecular formula is C30H51. The van der Waals surface area contributed by atoms with E-state index in [1.807, 2.05) is 0 Å². The smallest absolute Gasteiger partial charge is 0.0276 e. The van der Waals surface area contributed by atoms with Crippen LogP contribution < -0.4 is 0 Å². The summed E-state index contributed by atoms with van der Waals surface area (Å²) in [5.41, 5.74) is 0. The highest BCUT2D eigenvalue weighted by atomic mass is 14.0. The lowest BCUT2D eigenvalue weighted by Crippen LogP contribution is -1.84. The van der Waals surface area contributed by atoms with Gasteiger partial charge in [-0.1, -0.05) is 158 Å². The fourth-order valence-electron chi connectivity index (χ4n) is 4.25. The molecule has 1 aliphatic rings. The van der Waals surface area contributed by atoms with Gasteiger partial charge in [0.05, 0.1) is 0 Å². The van der Waals surface area contributed by atoms with Crippen LogP contribution >= 0.6 is 0 Å². The van der Waals surface area contributed by atoms with Gasteiger partial charge in [-0.05, 0) is 31.8 Å². The van der Waals surface area contributed by atoms with Gasteiger partial charge in [-0.2, -0.15) is 0 Å². The molecule has 171 valence electrons. The zero-order valence-corrected chi connectivity index (χ0v) is 20.1. The molecule has 0 unspecified atom stereocenters. The molecule has 1 rings (SSSR count). The fourth-order valence-corrected chi connectivity index (χ4v) is 4.25. The molecular weight excluding hydrogens is 360 g/mol. The van der Waals surface area contributed by atoms with Crippen molar-refractivity contribution in [2.24, 2.45) is 0 Å². The van der Waals surface area contributed by atoms with Gasteiger partial charge in [-0.3, -0.25) is 0 Å². The Morgan fingerprint density at radius 2 is 0.700 bits per heavy atom. The summed E-state index contributed by atoms with van der Waals surface area (Å²) >= 11 is 0. The molecule has 1 aliphatic carbocycles. The first-order valence-corrected chi connectivity index (χ1v) is 13.6. The van der Waals surface area contributed by atoms with Crippen LogP contribution in [0.3, 0.4) is 0 Å². The van der Waals surface area contributed by atoms with Crippen LogP contribution in [0.25, 0.3) is 0 Å². The molecule has 0 bridgehead atoms. The Morgan fingerprint density at radius 3 is 1.20 bits per heavy atom. The number of allylic oxidation sites excluding steroid dienone is 8. The van der Waals surface area contributed by atoms with Gasteiger partial charge in [0.2, 0.25) is 0 Å². The normalized spacial score (nSPS) is 25.1. The molecule has 0 heterocycles. The summed E-state index contributed by atoms with van der Waals surface area (Å²) in [4.78, 5) is 0. The van der Waals surface area contributed by atoms with Crippen LogP contribution in [-0.4, -0.2) is 0 Å². The van der Waals surface area contributed by atoms with Crippen molar-refractivity contribution in [3.8, 4) is 0 Å². The Balaban J connectivity index is 2.15. The molecule has 30 heavy (non-hydrogen) atoms. The van der Waals surface area contributed by atoms with Gasteiger partial charge < -0.3 is 0 Å². The summed E-state index contributed by atoms with van der Waals surface area (Å²) in [5, 5.41) is 0. The van der Waals surface area contributed by atoms with E-state index in [-0.39, 0.29) is 0 Å². The first kappa shape index (κ1) is 27.0. The minimum atomic E-state index is 1.11. The molecule has 0 atom stereocenters. The van der Waals surface area contributed by atoms with E-state index in [9.17, 15) is 0 Å². The predicted octanol–water partition coefficient (Wildman–Crippen LogP) is 10.6. The third kappa shape index (κ3) is 21.7. The summed E-state index contributed by atoms with van der Waals surface area (Å²) in [6, 6.07) is 0. The second-order valence-corrected chi connectivity index (χ2v) is 9.18. The lowest BCUT2D eigenvalue weighted by atomic mass is 10.0. The van der Waals surface area contributed by atoms with Gasteiger partial charge in [0.15, 0.2) is 0 Å². The lowest BCUT2D eigenvalue weighted by Gasteiger charge is -2.04. The minimum Gasteiger partial charge on any atom is -0.0845 e. The van der Waals surface area contributed by atoms with Gasteiger partial charge >= 0.3 is 0 Å². The van der Waals surface area contributed by atoms with Crippen molar-refractivity contribution in [3.05, 3.63) is 48.6 Å². The predicted molar refractivity (Wildman–Crippen MR) is 137 cm³/mol. The Morgan fingerprint density at radius 1 is 0.333 bits per heavy atom. The molecule has 1 radical (unpaired) electrons. The van der Waals surface area contributed by atoms with Crippen molar-refractivity contribution in [2.45, 2.75) is 141 Å². The average molecular weight is 412 g/mol. The van der Waals surface area contributed by atoms with Gasteiger partial charge in [-0.25, -0.2) is 0 Å². The molecule has 0 N–H and O–H groups in total. The maximum absolute atomic E-state index is 3.40. The van der Waals surface area contributed by atoms with Crippen molar-refractivity contribution < 1.29 is 0 Å². The third-order valence-corrected chi connectivity index (χ3v) is 6.24. The van der Waals surface area contributed by atoms with Crippen molar-refractivity contribution >= 4 is 0 Å². The molecule has 0 aromatic carbocycles. The zero-order chi connectivity index (χ0) is 21.2. The topological polar surface area (TPSA) is 0 Å². The summed E-state index contributed by atoms with van der Waals surface area (Å²) < 4.78 is 0. The van der Waals surface area contributed by atoms with Crippen LogP contribution in [-0.2, 0) is 0 Å². The molecule has 0 aromatic heterocycles. The number of rotatable bonds is 0. The monoisotopic (exact) mass is 411 g/mol. The van der Waals surface area contributed by atoms with Crippen LogP contribution in [0.15, 0.2) is 42.5 Å². The Kier molecular flexibility index (Phi) is 21.8. The SMILES string of the molecule is [C]1=C/C=C\C=C/C=CCCCCCCCCCCCCCCCCCCCCCC\1. The number of hydrogen-bond donors (Lipinski definition) is 0. The molecule has 0 aliphatic heterocycles. The van der Waals surface area contributed by atoms with Crippen LogP contribution in [0.4, 0.5) is 0 Å². The maximum Gasteiger partial charge on any atom is -0.0276 e. The maximum atomic E-state index is 3.40. The summed E-state index contributed by atoms with van der Waals surface area (Å²) in [5.74, 6) is 0. The Hall–Kier alpha value is -1.04. The van der Waals surface area contributed by atoms with Gasteiger partial charge in [0.25, 0.3) is 0 Å². The standard InChI is InChI=1S/C30H51/c1-2-4-6-8-10-12-14-16-18-20-22-24-26-28-30-29-27-25-23-21-19-17-15-13-11-9-7-5-3-1/h1-7H,8,10-30H2/b2-1-,5-3-,6-4?,9-7?. The second-order valence-electron chi connectivity index (χ2n) is 9.18. The van der Waals surface area contributed by atoms with E-state index in [1.165, 1.54) is 135 Å². The third-order valence-electron chi connectivity index (χ3n) is 6.24. The van der Waals surface area contributed by atoms with Crippen LogP contribution in [0, 0.1) is 6.08 Å². The van der Waals surface area contributed by atoms with Crippen molar-refractivity contribution in [1.29, 1.82) is 0 Å². The van der Waals surface area contributed by atoms with Crippen LogP contribution in [0.2, 0.25) is 0 Å². The molecule has 0 nitrogen and oxygen atoms in total. The largest absolute Gasteiger partial charge is 0.0845 e. The van der Waals surface area contributed by atoms with E-state index in [2.05, 4.69) is 48.6 Å². The first-order chi connectivity index (χ1) is 15.0. The molecule has 0 aromatic rings. The van der Waals surface area contributed by atoms with Gasteiger partial charge in [-0.15, -0.1) is 0 Å². The van der Waals surface area contributed by atoms with Crippen molar-refractivity contribution in [2.75, 3.05) is 0 Å². The van der Waals surface area contributed by atoms with Crippen molar-refractivity contribution in [3.63, 3.8) is 0 Å². The van der Waals surface area contributed by atoms with Crippen molar-refractivity contribution in [1.82, 2.24) is 0 Å². The van der Waals surface area contributed by atoms with E-state index in [0.717, 1.165) is 6.42 Å². The molecule has 0 spiro atoms. The summed E-state index contributed by atoms with van der Waals surface area (Å²) in [6.45, 7) is 0. The summed E-state index contributed by atoms with van der Waals surface area (Å²) in [7, 11) is 0. The highest BCUT2D eigenvalue weighted by Crippen LogP contribution is 2.15. The zero-order valence-electron chi connectivity index (χ0n) is 20.1. The molecule has 0 saturated carbocycles. The molecule has 0 heteroatoms. The average Bonchev–Trinajstić information content (AvgIpc) is 2.76. The Labute approximate surface area is 190 Å². The molecule has 0 saturated heterocycles. The van der Waals surface area contributed by atoms with E-state index >= 15 is 0 Å². The minimum absolute atomic E-state index is 1.11. The van der Waals surface area contributed by atoms with E-state index in [4.69, 9.17) is 0 Å². The number of hydrogen-bond acceptors (Lipinski definition) is 0.